The molecule has 1 amide bonds. The van der Waals surface area contributed by atoms with Crippen molar-refractivity contribution in [2.45, 2.75) is 19.9 Å². The van der Waals surface area contributed by atoms with Crippen LogP contribution >= 0.6 is 0 Å². The van der Waals surface area contributed by atoms with Crippen LogP contribution in [0.2, 0.25) is 0 Å². The summed E-state index contributed by atoms with van der Waals surface area (Å²) >= 11 is 0. The van der Waals surface area contributed by atoms with Crippen LogP contribution in [-0.2, 0) is 6.54 Å². The van der Waals surface area contributed by atoms with E-state index in [1.807, 2.05) is 18.2 Å². The maximum absolute atomic E-state index is 11.0. The molecule has 0 radical (unpaired) electrons. The lowest BCUT2D eigenvalue weighted by atomic mass is 10.2. The molecular weight excluding hydrogens is 240 g/mol. The van der Waals surface area contributed by atoms with Gasteiger partial charge in [-0.25, -0.2) is 4.68 Å². The van der Waals surface area contributed by atoms with E-state index in [-0.39, 0.29) is 5.69 Å². The van der Waals surface area contributed by atoms with Crippen molar-refractivity contribution in [1.82, 2.24) is 15.1 Å². The highest BCUT2D eigenvalue weighted by Crippen LogP contribution is 2.10. The van der Waals surface area contributed by atoms with Crippen molar-refractivity contribution in [2.24, 2.45) is 5.73 Å². The minimum absolute atomic E-state index is 0.273. The van der Waals surface area contributed by atoms with Gasteiger partial charge in [0.2, 0.25) is 0 Å². The van der Waals surface area contributed by atoms with Crippen LogP contribution in [0.3, 0.4) is 0 Å². The van der Waals surface area contributed by atoms with Crippen molar-refractivity contribution in [2.75, 3.05) is 6.54 Å². The smallest absolute Gasteiger partial charge is 0.269 e. The lowest BCUT2D eigenvalue weighted by molar-refractivity contribution is 0.0995. The number of amides is 1. The molecule has 1 aromatic heterocycles. The van der Waals surface area contributed by atoms with Crippen molar-refractivity contribution in [3.8, 4) is 5.69 Å². The van der Waals surface area contributed by atoms with Crippen LogP contribution in [0.1, 0.15) is 29.4 Å². The van der Waals surface area contributed by atoms with Gasteiger partial charge in [-0.1, -0.05) is 19.1 Å². The SMILES string of the molecule is CCCNCc1cccc(-n2ccc(C(N)=O)n2)c1. The number of nitrogens with two attached hydrogens (primary N) is 1. The highest BCUT2D eigenvalue weighted by atomic mass is 16.1. The summed E-state index contributed by atoms with van der Waals surface area (Å²) in [6, 6.07) is 9.64. The van der Waals surface area contributed by atoms with E-state index in [4.69, 9.17) is 5.73 Å². The summed E-state index contributed by atoms with van der Waals surface area (Å²) in [5.41, 5.74) is 7.57. The molecule has 19 heavy (non-hydrogen) atoms. The summed E-state index contributed by atoms with van der Waals surface area (Å²) in [5, 5.41) is 7.49. The second-order valence-electron chi connectivity index (χ2n) is 4.36. The Bertz CT molecular complexity index is 562. The van der Waals surface area contributed by atoms with E-state index in [9.17, 15) is 4.79 Å². The monoisotopic (exact) mass is 258 g/mol. The van der Waals surface area contributed by atoms with Crippen molar-refractivity contribution in [1.29, 1.82) is 0 Å². The predicted molar refractivity (Wildman–Crippen MR) is 74.1 cm³/mol. The molecule has 0 aliphatic heterocycles. The molecule has 0 saturated carbocycles. The van der Waals surface area contributed by atoms with Crippen molar-refractivity contribution < 1.29 is 4.79 Å². The largest absolute Gasteiger partial charge is 0.364 e. The van der Waals surface area contributed by atoms with Gasteiger partial charge >= 0.3 is 0 Å². The molecule has 1 aromatic carbocycles. The summed E-state index contributed by atoms with van der Waals surface area (Å²) in [4.78, 5) is 11.0. The number of nitrogens with zero attached hydrogens (tertiary/aromatic N) is 2. The first-order valence-electron chi connectivity index (χ1n) is 6.36. The molecule has 2 rings (SSSR count). The second-order valence-corrected chi connectivity index (χ2v) is 4.36. The molecule has 5 nitrogen and oxygen atoms in total. The standard InChI is InChI=1S/C14H18N4O/c1-2-7-16-10-11-4-3-5-12(9-11)18-8-6-13(17-18)14(15)19/h3-6,8-9,16H,2,7,10H2,1H3,(H2,15,19). The first-order valence-corrected chi connectivity index (χ1v) is 6.36. The van der Waals surface area contributed by atoms with Crippen LogP contribution in [-0.4, -0.2) is 22.2 Å². The fourth-order valence-electron chi connectivity index (χ4n) is 1.82. The van der Waals surface area contributed by atoms with Crippen molar-refractivity contribution >= 4 is 5.91 Å². The highest BCUT2D eigenvalue weighted by molar-refractivity contribution is 5.90. The maximum Gasteiger partial charge on any atom is 0.269 e. The molecular formula is C14H18N4O. The van der Waals surface area contributed by atoms with Crippen LogP contribution in [0.25, 0.3) is 5.69 Å². The molecule has 100 valence electrons. The van der Waals surface area contributed by atoms with Gasteiger partial charge in [0.15, 0.2) is 0 Å². The molecule has 0 bridgehead atoms. The van der Waals surface area contributed by atoms with Crippen LogP contribution in [0, 0.1) is 0 Å². The van der Waals surface area contributed by atoms with Crippen LogP contribution in [0.5, 0.6) is 0 Å². The Morgan fingerprint density at radius 3 is 2.95 bits per heavy atom. The number of rotatable bonds is 6. The third-order valence-corrected chi connectivity index (χ3v) is 2.77. The fraction of sp³-hybridized carbons (Fsp3) is 0.286. The summed E-state index contributed by atoms with van der Waals surface area (Å²) in [6.07, 6.45) is 2.85. The second kappa shape index (κ2) is 6.15. The van der Waals surface area contributed by atoms with E-state index in [0.717, 1.165) is 25.2 Å². The summed E-state index contributed by atoms with van der Waals surface area (Å²) in [6.45, 7) is 3.96. The zero-order valence-corrected chi connectivity index (χ0v) is 11.0. The zero-order valence-electron chi connectivity index (χ0n) is 11.0. The molecule has 0 aliphatic carbocycles. The molecule has 1 heterocycles. The van der Waals surface area contributed by atoms with Gasteiger partial charge in [-0.15, -0.1) is 0 Å². The average molecular weight is 258 g/mol. The lowest BCUT2D eigenvalue weighted by Crippen LogP contribution is -2.14. The number of aromatic nitrogens is 2. The summed E-state index contributed by atoms with van der Waals surface area (Å²) in [5.74, 6) is -0.514. The number of hydrogen-bond donors (Lipinski definition) is 2. The average Bonchev–Trinajstić information content (AvgIpc) is 2.89. The third kappa shape index (κ3) is 3.42. The number of nitrogens with one attached hydrogen (secondary N) is 1. The van der Waals surface area contributed by atoms with Gasteiger partial charge in [0.05, 0.1) is 5.69 Å². The van der Waals surface area contributed by atoms with Gasteiger partial charge in [0.25, 0.3) is 5.91 Å². The number of primary amides is 1. The molecule has 0 saturated heterocycles. The number of benzene rings is 1. The minimum atomic E-state index is -0.514. The molecule has 5 heteroatoms. The molecule has 0 fully saturated rings. The topological polar surface area (TPSA) is 72.9 Å². The van der Waals surface area contributed by atoms with E-state index in [2.05, 4.69) is 23.4 Å². The Hall–Kier alpha value is -2.14. The van der Waals surface area contributed by atoms with Crippen molar-refractivity contribution in [3.63, 3.8) is 0 Å². The van der Waals surface area contributed by atoms with E-state index in [0.29, 0.717) is 0 Å². The Morgan fingerprint density at radius 1 is 1.42 bits per heavy atom. The summed E-state index contributed by atoms with van der Waals surface area (Å²) < 4.78 is 1.66. The van der Waals surface area contributed by atoms with Gasteiger partial charge in [-0.3, -0.25) is 4.79 Å². The Kier molecular flexibility index (Phi) is 4.30. The number of hydrogen-bond acceptors (Lipinski definition) is 3. The van der Waals surface area contributed by atoms with E-state index < -0.39 is 5.91 Å². The minimum Gasteiger partial charge on any atom is -0.364 e. The molecule has 0 aliphatic rings. The van der Waals surface area contributed by atoms with E-state index in [1.54, 1.807) is 16.9 Å². The van der Waals surface area contributed by atoms with Gasteiger partial charge in [-0.05, 0) is 36.7 Å². The Balaban J connectivity index is 2.15. The molecule has 0 spiro atoms. The highest BCUT2D eigenvalue weighted by Gasteiger charge is 2.06. The molecule has 2 aromatic rings. The first-order chi connectivity index (χ1) is 9.20. The quantitative estimate of drug-likeness (QED) is 0.771. The lowest BCUT2D eigenvalue weighted by Gasteiger charge is -2.06. The predicted octanol–water partition coefficient (Wildman–Crippen LogP) is 1.47. The van der Waals surface area contributed by atoms with Gasteiger partial charge in [0, 0.05) is 12.7 Å². The Labute approximate surface area is 112 Å². The van der Waals surface area contributed by atoms with E-state index >= 15 is 0 Å². The zero-order chi connectivity index (χ0) is 13.7. The van der Waals surface area contributed by atoms with Gasteiger partial charge in [-0.2, -0.15) is 5.10 Å². The number of carbonyl (C=O) groups excluding carboxylic acids is 1. The van der Waals surface area contributed by atoms with Crippen LogP contribution in [0.4, 0.5) is 0 Å². The number of carbonyl (C=O) groups is 1. The van der Waals surface area contributed by atoms with Gasteiger partial charge in [0.1, 0.15) is 5.69 Å². The maximum atomic E-state index is 11.0. The Morgan fingerprint density at radius 2 is 2.26 bits per heavy atom. The van der Waals surface area contributed by atoms with E-state index in [1.165, 1.54) is 5.56 Å². The normalized spacial score (nSPS) is 10.6. The molecule has 0 unspecified atom stereocenters. The summed E-state index contributed by atoms with van der Waals surface area (Å²) in [7, 11) is 0. The third-order valence-electron chi connectivity index (χ3n) is 2.77. The van der Waals surface area contributed by atoms with Crippen LogP contribution in [0.15, 0.2) is 36.5 Å². The van der Waals surface area contributed by atoms with Gasteiger partial charge < -0.3 is 11.1 Å². The fourth-order valence-corrected chi connectivity index (χ4v) is 1.82. The van der Waals surface area contributed by atoms with Crippen LogP contribution < -0.4 is 11.1 Å². The van der Waals surface area contributed by atoms with Crippen molar-refractivity contribution in [3.05, 3.63) is 47.8 Å². The molecule has 0 atom stereocenters. The first kappa shape index (κ1) is 13.3. The molecule has 3 N–H and O–H groups in total.